The van der Waals surface area contributed by atoms with Crippen molar-refractivity contribution in [2.24, 2.45) is 0 Å². The maximum Gasteiger partial charge on any atom is 0.255 e. The lowest BCUT2D eigenvalue weighted by Gasteiger charge is -2.20. The van der Waals surface area contributed by atoms with E-state index in [1.807, 2.05) is 31.2 Å². The number of carbonyl (C=O) groups excluding carboxylic acids is 2. The number of rotatable bonds is 9. The van der Waals surface area contributed by atoms with Crippen molar-refractivity contribution in [3.63, 3.8) is 0 Å². The molecule has 2 N–H and O–H groups in total. The van der Waals surface area contributed by atoms with E-state index in [-0.39, 0.29) is 11.8 Å². The van der Waals surface area contributed by atoms with Crippen LogP contribution in [0.1, 0.15) is 51.3 Å². The van der Waals surface area contributed by atoms with Crippen LogP contribution in [0.5, 0.6) is 0 Å². The molecule has 0 aliphatic carbocycles. The van der Waals surface area contributed by atoms with Gasteiger partial charge in [0.15, 0.2) is 0 Å². The zero-order valence-electron chi connectivity index (χ0n) is 19.0. The molecule has 0 saturated carbocycles. The molecule has 0 aliphatic heterocycles. The highest BCUT2D eigenvalue weighted by Crippen LogP contribution is 2.15. The van der Waals surface area contributed by atoms with E-state index in [9.17, 15) is 9.59 Å². The fraction of sp³-hybridized carbons (Fsp3) is 0.259. The summed E-state index contributed by atoms with van der Waals surface area (Å²) in [5, 5.41) is 5.88. The predicted octanol–water partition coefficient (Wildman–Crippen LogP) is 5.02. The van der Waals surface area contributed by atoms with Crippen LogP contribution < -0.4 is 10.6 Å². The summed E-state index contributed by atoms with van der Waals surface area (Å²) < 4.78 is 0. The van der Waals surface area contributed by atoms with Crippen molar-refractivity contribution >= 4 is 17.5 Å². The number of aryl methyl sites for hydroxylation is 1. The van der Waals surface area contributed by atoms with Gasteiger partial charge in [0.2, 0.25) is 0 Å². The fourth-order valence-electron chi connectivity index (χ4n) is 3.50. The summed E-state index contributed by atoms with van der Waals surface area (Å²) in [6.45, 7) is 9.56. The molecule has 0 spiro atoms. The van der Waals surface area contributed by atoms with Crippen LogP contribution in [0.2, 0.25) is 0 Å². The van der Waals surface area contributed by atoms with Gasteiger partial charge in [-0.3, -0.25) is 14.5 Å². The molecule has 0 fully saturated rings. The SMILES string of the molecule is CCN(CC)Cc1ccccc1CNC(=O)c1cccc(NC(=O)c2ccc(C)cc2)c1. The first kappa shape index (κ1) is 23.2. The number of amides is 2. The Bertz CT molecular complexity index is 1060. The lowest BCUT2D eigenvalue weighted by atomic mass is 10.1. The molecule has 166 valence electrons. The van der Waals surface area contributed by atoms with Crippen molar-refractivity contribution < 1.29 is 9.59 Å². The number of anilines is 1. The minimum Gasteiger partial charge on any atom is -0.348 e. The van der Waals surface area contributed by atoms with E-state index in [0.29, 0.717) is 23.4 Å². The van der Waals surface area contributed by atoms with Crippen LogP contribution >= 0.6 is 0 Å². The molecule has 0 heterocycles. The zero-order valence-corrected chi connectivity index (χ0v) is 19.0. The quantitative estimate of drug-likeness (QED) is 0.502. The second-order valence-corrected chi connectivity index (χ2v) is 7.81. The summed E-state index contributed by atoms with van der Waals surface area (Å²) in [5.74, 6) is -0.373. The van der Waals surface area contributed by atoms with Crippen LogP contribution in [-0.2, 0) is 13.1 Å². The Labute approximate surface area is 190 Å². The maximum atomic E-state index is 12.8. The molecule has 0 aromatic heterocycles. The van der Waals surface area contributed by atoms with Crippen LogP contribution in [-0.4, -0.2) is 29.8 Å². The Hall–Kier alpha value is -3.44. The van der Waals surface area contributed by atoms with Gasteiger partial charge in [-0.25, -0.2) is 0 Å². The number of benzene rings is 3. The molecule has 0 radical (unpaired) electrons. The summed E-state index contributed by atoms with van der Waals surface area (Å²) in [6, 6.07) is 22.6. The van der Waals surface area contributed by atoms with Crippen molar-refractivity contribution in [3.8, 4) is 0 Å². The van der Waals surface area contributed by atoms with Crippen molar-refractivity contribution in [3.05, 3.63) is 101 Å². The highest BCUT2D eigenvalue weighted by atomic mass is 16.2. The first-order chi connectivity index (χ1) is 15.5. The Morgan fingerprint density at radius 3 is 2.16 bits per heavy atom. The third-order valence-electron chi connectivity index (χ3n) is 5.54. The molecule has 3 aromatic rings. The van der Waals surface area contributed by atoms with Gasteiger partial charge < -0.3 is 10.6 Å². The molecule has 0 atom stereocenters. The van der Waals surface area contributed by atoms with Gasteiger partial charge in [-0.15, -0.1) is 0 Å². The van der Waals surface area contributed by atoms with E-state index in [2.05, 4.69) is 41.5 Å². The van der Waals surface area contributed by atoms with E-state index in [4.69, 9.17) is 0 Å². The largest absolute Gasteiger partial charge is 0.348 e. The van der Waals surface area contributed by atoms with E-state index < -0.39 is 0 Å². The molecule has 3 aromatic carbocycles. The van der Waals surface area contributed by atoms with Gasteiger partial charge in [0.05, 0.1) is 0 Å². The molecule has 0 aliphatic rings. The molecule has 0 saturated heterocycles. The normalized spacial score (nSPS) is 10.8. The van der Waals surface area contributed by atoms with E-state index in [1.54, 1.807) is 36.4 Å². The summed E-state index contributed by atoms with van der Waals surface area (Å²) in [5.41, 5.74) is 5.10. The predicted molar refractivity (Wildman–Crippen MR) is 130 cm³/mol. The summed E-state index contributed by atoms with van der Waals surface area (Å²) >= 11 is 0. The first-order valence-electron chi connectivity index (χ1n) is 11.1. The van der Waals surface area contributed by atoms with Gasteiger partial charge in [-0.2, -0.15) is 0 Å². The number of hydrogen-bond acceptors (Lipinski definition) is 3. The first-order valence-corrected chi connectivity index (χ1v) is 11.1. The average molecular weight is 430 g/mol. The minimum atomic E-state index is -0.201. The van der Waals surface area contributed by atoms with Crippen molar-refractivity contribution in [1.82, 2.24) is 10.2 Å². The van der Waals surface area contributed by atoms with Gasteiger partial charge in [-0.1, -0.05) is 61.9 Å². The maximum absolute atomic E-state index is 12.8. The van der Waals surface area contributed by atoms with Crippen LogP contribution in [0.25, 0.3) is 0 Å². The molecule has 0 unspecified atom stereocenters. The Kier molecular flexibility index (Phi) is 8.17. The topological polar surface area (TPSA) is 61.4 Å². The van der Waals surface area contributed by atoms with Crippen molar-refractivity contribution in [2.75, 3.05) is 18.4 Å². The molecular weight excluding hydrogens is 398 g/mol. The van der Waals surface area contributed by atoms with Crippen molar-refractivity contribution in [1.29, 1.82) is 0 Å². The standard InChI is InChI=1S/C27H31N3O2/c1-4-30(5-2)19-24-10-7-6-9-23(24)18-28-26(31)22-11-8-12-25(17-22)29-27(32)21-15-13-20(3)14-16-21/h6-17H,4-5,18-19H2,1-3H3,(H,28,31)(H,29,32). The van der Waals surface area contributed by atoms with Crippen molar-refractivity contribution in [2.45, 2.75) is 33.9 Å². The highest BCUT2D eigenvalue weighted by molar-refractivity contribution is 6.05. The molecule has 0 bridgehead atoms. The van der Waals surface area contributed by atoms with Crippen LogP contribution in [0.4, 0.5) is 5.69 Å². The molecule has 5 heteroatoms. The molecule has 32 heavy (non-hydrogen) atoms. The third-order valence-corrected chi connectivity index (χ3v) is 5.54. The smallest absolute Gasteiger partial charge is 0.255 e. The number of carbonyl (C=O) groups is 2. The van der Waals surface area contributed by atoms with Crippen LogP contribution in [0.15, 0.2) is 72.8 Å². The fourth-order valence-corrected chi connectivity index (χ4v) is 3.50. The molecule has 3 rings (SSSR count). The average Bonchev–Trinajstić information content (AvgIpc) is 2.82. The van der Waals surface area contributed by atoms with Gasteiger partial charge in [-0.05, 0) is 61.5 Å². The molecule has 5 nitrogen and oxygen atoms in total. The Balaban J connectivity index is 1.64. The van der Waals surface area contributed by atoms with E-state index >= 15 is 0 Å². The second kappa shape index (κ2) is 11.3. The highest BCUT2D eigenvalue weighted by Gasteiger charge is 2.11. The Morgan fingerprint density at radius 1 is 0.781 bits per heavy atom. The summed E-state index contributed by atoms with van der Waals surface area (Å²) in [4.78, 5) is 27.6. The number of nitrogens with one attached hydrogen (secondary N) is 2. The summed E-state index contributed by atoms with van der Waals surface area (Å²) in [7, 11) is 0. The van der Waals surface area contributed by atoms with E-state index in [0.717, 1.165) is 30.8 Å². The third kappa shape index (κ3) is 6.28. The van der Waals surface area contributed by atoms with Gasteiger partial charge in [0.1, 0.15) is 0 Å². The zero-order chi connectivity index (χ0) is 22.9. The van der Waals surface area contributed by atoms with Gasteiger partial charge in [0, 0.05) is 29.9 Å². The van der Waals surface area contributed by atoms with E-state index in [1.165, 1.54) is 5.56 Å². The van der Waals surface area contributed by atoms with Gasteiger partial charge >= 0.3 is 0 Å². The Morgan fingerprint density at radius 2 is 1.47 bits per heavy atom. The summed E-state index contributed by atoms with van der Waals surface area (Å²) in [6.07, 6.45) is 0. The number of nitrogens with zero attached hydrogens (tertiary/aromatic N) is 1. The second-order valence-electron chi connectivity index (χ2n) is 7.81. The monoisotopic (exact) mass is 429 g/mol. The van der Waals surface area contributed by atoms with Crippen LogP contribution in [0, 0.1) is 6.92 Å². The molecule has 2 amide bonds. The van der Waals surface area contributed by atoms with Crippen LogP contribution in [0.3, 0.4) is 0 Å². The number of hydrogen-bond donors (Lipinski definition) is 2. The van der Waals surface area contributed by atoms with Gasteiger partial charge in [0.25, 0.3) is 11.8 Å². The minimum absolute atomic E-state index is 0.172. The molecular formula is C27H31N3O2. The lowest BCUT2D eigenvalue weighted by Crippen LogP contribution is -2.26. The lowest BCUT2D eigenvalue weighted by molar-refractivity contribution is 0.0949.